The summed E-state index contributed by atoms with van der Waals surface area (Å²) >= 11 is 1.75. The first kappa shape index (κ1) is 24.1. The van der Waals surface area contributed by atoms with E-state index in [1.54, 1.807) is 30.5 Å². The molecule has 5 rings (SSSR count). The predicted octanol–water partition coefficient (Wildman–Crippen LogP) is 2.54. The van der Waals surface area contributed by atoms with Crippen LogP contribution in [0.5, 0.6) is 0 Å². The summed E-state index contributed by atoms with van der Waals surface area (Å²) in [5, 5.41) is 0. The number of aliphatic imine (C=N–C) groups is 1. The molecule has 1 aliphatic heterocycles. The van der Waals surface area contributed by atoms with E-state index in [0.717, 1.165) is 67.9 Å². The molecule has 4 N–H and O–H groups in total. The van der Waals surface area contributed by atoms with Crippen LogP contribution in [0, 0.1) is 0 Å². The SMILES string of the molecule is CSN1CCN(c2cnc(C(=O)N=C(N)C3(c4ccc(-c5cnc(N)nc5)cc4)CCC3)cn2)CC1. The van der Waals surface area contributed by atoms with Gasteiger partial charge in [0.15, 0.2) is 0 Å². The monoisotopic (exact) mass is 503 g/mol. The van der Waals surface area contributed by atoms with Crippen LogP contribution < -0.4 is 16.4 Å². The number of hydrogen-bond donors (Lipinski definition) is 2. The van der Waals surface area contributed by atoms with E-state index in [4.69, 9.17) is 11.5 Å². The van der Waals surface area contributed by atoms with Crippen molar-refractivity contribution >= 4 is 35.5 Å². The third-order valence-electron chi connectivity index (χ3n) is 7.04. The average Bonchev–Trinajstić information content (AvgIpc) is 2.89. The Morgan fingerprint density at radius 3 is 2.19 bits per heavy atom. The van der Waals surface area contributed by atoms with Crippen molar-refractivity contribution in [2.45, 2.75) is 24.7 Å². The maximum Gasteiger partial charge on any atom is 0.298 e. The lowest BCUT2D eigenvalue weighted by Crippen LogP contribution is -2.47. The maximum absolute atomic E-state index is 12.9. The molecule has 1 aliphatic carbocycles. The molecular weight excluding hydrogens is 474 g/mol. The molecule has 2 aliphatic rings. The van der Waals surface area contributed by atoms with Gasteiger partial charge in [0.2, 0.25) is 5.95 Å². The molecule has 36 heavy (non-hydrogen) atoms. The Hall–Kier alpha value is -3.57. The summed E-state index contributed by atoms with van der Waals surface area (Å²) in [4.78, 5) is 36.3. The van der Waals surface area contributed by atoms with Crippen molar-refractivity contribution in [1.82, 2.24) is 24.2 Å². The second-order valence-corrected chi connectivity index (χ2v) is 9.89. The van der Waals surface area contributed by atoms with Crippen molar-refractivity contribution < 1.29 is 4.79 Å². The molecule has 0 radical (unpaired) electrons. The lowest BCUT2D eigenvalue weighted by atomic mass is 9.63. The van der Waals surface area contributed by atoms with Crippen LogP contribution in [0.2, 0.25) is 0 Å². The summed E-state index contributed by atoms with van der Waals surface area (Å²) in [7, 11) is 0. The Kier molecular flexibility index (Phi) is 6.84. The van der Waals surface area contributed by atoms with Gasteiger partial charge in [-0.25, -0.2) is 24.2 Å². The highest BCUT2D eigenvalue weighted by Gasteiger charge is 2.43. The first-order valence-corrected chi connectivity index (χ1v) is 13.1. The zero-order chi connectivity index (χ0) is 25.1. The van der Waals surface area contributed by atoms with E-state index in [9.17, 15) is 4.79 Å². The molecule has 186 valence electrons. The second-order valence-electron chi connectivity index (χ2n) is 9.00. The van der Waals surface area contributed by atoms with Crippen molar-refractivity contribution in [3.8, 4) is 11.1 Å². The van der Waals surface area contributed by atoms with Gasteiger partial charge in [-0.15, -0.1) is 0 Å². The van der Waals surface area contributed by atoms with Crippen molar-refractivity contribution in [1.29, 1.82) is 0 Å². The van der Waals surface area contributed by atoms with Gasteiger partial charge in [0.25, 0.3) is 5.91 Å². The minimum atomic E-state index is -0.472. The van der Waals surface area contributed by atoms with Gasteiger partial charge in [0.05, 0.1) is 17.8 Å². The average molecular weight is 504 g/mol. The Morgan fingerprint density at radius 1 is 0.944 bits per heavy atom. The van der Waals surface area contributed by atoms with E-state index >= 15 is 0 Å². The summed E-state index contributed by atoms with van der Waals surface area (Å²) in [6, 6.07) is 8.07. The van der Waals surface area contributed by atoms with Gasteiger partial charge in [0.1, 0.15) is 17.3 Å². The Bertz CT molecular complexity index is 1230. The first-order valence-electron chi connectivity index (χ1n) is 11.9. The van der Waals surface area contributed by atoms with Gasteiger partial charge < -0.3 is 16.4 Å². The molecule has 0 unspecified atom stereocenters. The highest BCUT2D eigenvalue weighted by atomic mass is 32.2. The molecule has 1 saturated heterocycles. The lowest BCUT2D eigenvalue weighted by Gasteiger charge is -2.41. The zero-order valence-electron chi connectivity index (χ0n) is 20.2. The number of anilines is 2. The van der Waals surface area contributed by atoms with Gasteiger partial charge in [-0.05, 0) is 30.2 Å². The molecule has 10 nitrogen and oxygen atoms in total. The number of amides is 1. The zero-order valence-corrected chi connectivity index (χ0v) is 21.0. The largest absolute Gasteiger partial charge is 0.386 e. The third kappa shape index (κ3) is 4.76. The molecule has 1 aromatic carbocycles. The van der Waals surface area contributed by atoms with Gasteiger partial charge in [-0.2, -0.15) is 4.99 Å². The Balaban J connectivity index is 1.30. The number of benzene rings is 1. The minimum absolute atomic E-state index is 0.192. The molecule has 1 amide bonds. The number of nitrogen functional groups attached to an aromatic ring is 1. The fraction of sp³-hybridized carbons (Fsp3) is 0.360. The van der Waals surface area contributed by atoms with Crippen LogP contribution in [0.4, 0.5) is 11.8 Å². The van der Waals surface area contributed by atoms with E-state index in [1.807, 2.05) is 24.3 Å². The van der Waals surface area contributed by atoms with Crippen LogP contribution >= 0.6 is 11.9 Å². The molecule has 3 heterocycles. The number of aromatic nitrogens is 4. The standard InChI is InChI=1S/C25H29N9OS/c1-36-34-11-9-33(10-12-34)21-16-28-20(15-29-21)22(35)32-23(26)25(7-2-8-25)19-5-3-17(4-6-19)18-13-30-24(27)31-14-18/h3-6,13-16H,2,7-12H2,1H3,(H2,26,32,35)(H2,27,30,31). The van der Waals surface area contributed by atoms with Crippen molar-refractivity contribution in [3.05, 3.63) is 60.3 Å². The fourth-order valence-electron chi connectivity index (χ4n) is 4.66. The van der Waals surface area contributed by atoms with E-state index in [-0.39, 0.29) is 11.6 Å². The first-order chi connectivity index (χ1) is 17.5. The van der Waals surface area contributed by atoms with Crippen LogP contribution in [-0.2, 0) is 5.41 Å². The van der Waals surface area contributed by atoms with Crippen molar-refractivity contribution in [2.24, 2.45) is 10.7 Å². The van der Waals surface area contributed by atoms with Crippen LogP contribution in [-0.4, -0.2) is 68.4 Å². The summed E-state index contributed by atoms with van der Waals surface area (Å²) in [5.41, 5.74) is 14.7. The van der Waals surface area contributed by atoms with Crippen LogP contribution in [0.25, 0.3) is 11.1 Å². The predicted molar refractivity (Wildman–Crippen MR) is 143 cm³/mol. The highest BCUT2D eigenvalue weighted by Crippen LogP contribution is 2.44. The molecule has 0 spiro atoms. The third-order valence-corrected chi connectivity index (χ3v) is 7.92. The molecule has 2 fully saturated rings. The molecular formula is C25H29N9OS. The number of carbonyl (C=O) groups is 1. The van der Waals surface area contributed by atoms with Crippen molar-refractivity contribution in [3.63, 3.8) is 0 Å². The maximum atomic E-state index is 12.9. The van der Waals surface area contributed by atoms with E-state index < -0.39 is 11.3 Å². The lowest BCUT2D eigenvalue weighted by molar-refractivity contribution is 0.0996. The topological polar surface area (TPSA) is 140 Å². The Morgan fingerprint density at radius 2 is 1.64 bits per heavy atom. The van der Waals surface area contributed by atoms with Crippen LogP contribution in [0.15, 0.2) is 54.0 Å². The van der Waals surface area contributed by atoms with E-state index in [0.29, 0.717) is 5.84 Å². The summed E-state index contributed by atoms with van der Waals surface area (Å²) in [5.74, 6) is 0.860. The quantitative estimate of drug-likeness (QED) is 0.293. The second kappa shape index (κ2) is 10.2. The number of hydrogen-bond acceptors (Lipinski definition) is 9. The van der Waals surface area contributed by atoms with E-state index in [2.05, 4.69) is 40.4 Å². The summed E-state index contributed by atoms with van der Waals surface area (Å²) in [6.07, 6.45) is 11.3. The number of nitrogens with two attached hydrogens (primary N) is 2. The summed E-state index contributed by atoms with van der Waals surface area (Å²) < 4.78 is 2.31. The number of nitrogens with zero attached hydrogens (tertiary/aromatic N) is 7. The van der Waals surface area contributed by atoms with Crippen molar-refractivity contribution in [2.75, 3.05) is 43.1 Å². The molecule has 0 atom stereocenters. The van der Waals surface area contributed by atoms with E-state index in [1.165, 1.54) is 6.20 Å². The molecule has 11 heteroatoms. The summed E-state index contributed by atoms with van der Waals surface area (Å²) in [6.45, 7) is 3.67. The fourth-order valence-corrected chi connectivity index (χ4v) is 5.19. The van der Waals surface area contributed by atoms with Crippen LogP contribution in [0.3, 0.4) is 0 Å². The van der Waals surface area contributed by atoms with Gasteiger partial charge in [0, 0.05) is 44.1 Å². The molecule has 1 saturated carbocycles. The smallest absolute Gasteiger partial charge is 0.298 e. The molecule has 2 aromatic heterocycles. The van der Waals surface area contributed by atoms with Gasteiger partial charge in [-0.3, -0.25) is 4.79 Å². The van der Waals surface area contributed by atoms with Crippen LogP contribution in [0.1, 0.15) is 35.3 Å². The Labute approximate surface area is 214 Å². The molecule has 0 bridgehead atoms. The number of carbonyl (C=O) groups excluding carboxylic acids is 1. The number of piperazine rings is 1. The van der Waals surface area contributed by atoms with Gasteiger partial charge >= 0.3 is 0 Å². The minimum Gasteiger partial charge on any atom is -0.386 e. The highest BCUT2D eigenvalue weighted by molar-refractivity contribution is 7.96. The number of amidine groups is 1. The normalized spacial score (nSPS) is 18.0. The van der Waals surface area contributed by atoms with Gasteiger partial charge in [-0.1, -0.05) is 42.6 Å². The number of rotatable bonds is 6. The molecule has 3 aromatic rings.